The Bertz CT molecular complexity index is 1250. The lowest BCUT2D eigenvalue weighted by Gasteiger charge is -2.09. The highest BCUT2D eigenvalue weighted by Crippen LogP contribution is 2.23. The topological polar surface area (TPSA) is 116 Å². The second-order valence-corrected chi connectivity index (χ2v) is 6.62. The van der Waals surface area contributed by atoms with Crippen molar-refractivity contribution >= 4 is 28.6 Å². The Kier molecular flexibility index (Phi) is 4.82. The summed E-state index contributed by atoms with van der Waals surface area (Å²) in [5, 5.41) is 3.97. The number of nitrogen functional groups attached to an aromatic ring is 1. The molecule has 0 aliphatic carbocycles. The van der Waals surface area contributed by atoms with E-state index in [2.05, 4.69) is 20.3 Å². The van der Waals surface area contributed by atoms with Gasteiger partial charge in [0.25, 0.3) is 0 Å². The van der Waals surface area contributed by atoms with Crippen molar-refractivity contribution in [1.82, 2.24) is 15.0 Å². The number of anilines is 3. The zero-order valence-electron chi connectivity index (χ0n) is 16.0. The molecule has 3 N–H and O–H groups in total. The summed E-state index contributed by atoms with van der Waals surface area (Å²) in [5.41, 5.74) is 8.68. The predicted octanol–water partition coefficient (Wildman–Crippen LogP) is 3.50. The van der Waals surface area contributed by atoms with Gasteiger partial charge in [0.2, 0.25) is 11.9 Å². The van der Waals surface area contributed by atoms with E-state index in [0.29, 0.717) is 23.1 Å². The molecule has 29 heavy (non-hydrogen) atoms. The van der Waals surface area contributed by atoms with Crippen LogP contribution in [0.15, 0.2) is 57.7 Å². The van der Waals surface area contributed by atoms with Gasteiger partial charge in [0.1, 0.15) is 17.9 Å². The third kappa shape index (κ3) is 4.32. The number of ether oxygens (including phenoxy) is 1. The first kappa shape index (κ1) is 18.4. The van der Waals surface area contributed by atoms with Crippen LogP contribution < -0.4 is 21.4 Å². The van der Waals surface area contributed by atoms with E-state index in [0.717, 1.165) is 22.2 Å². The molecule has 2 aromatic carbocycles. The minimum absolute atomic E-state index is 0.0801. The van der Waals surface area contributed by atoms with Gasteiger partial charge in [-0.05, 0) is 49.2 Å². The number of benzene rings is 2. The quantitative estimate of drug-likeness (QED) is 0.498. The molecule has 0 radical (unpaired) electrons. The van der Waals surface area contributed by atoms with Crippen LogP contribution >= 0.6 is 0 Å². The second kappa shape index (κ2) is 7.59. The number of rotatable bonds is 5. The largest absolute Gasteiger partial charge is 0.485 e. The molecule has 2 aromatic heterocycles. The van der Waals surface area contributed by atoms with Gasteiger partial charge in [-0.25, -0.2) is 4.79 Å². The number of hydrogen-bond donors (Lipinski definition) is 2. The number of nitrogens with one attached hydrogen (secondary N) is 1. The van der Waals surface area contributed by atoms with Gasteiger partial charge in [-0.2, -0.15) is 15.0 Å². The molecule has 8 heteroatoms. The van der Waals surface area contributed by atoms with E-state index in [4.69, 9.17) is 14.9 Å². The zero-order valence-corrected chi connectivity index (χ0v) is 16.0. The molecular weight excluding hydrogens is 370 g/mol. The van der Waals surface area contributed by atoms with E-state index in [1.54, 1.807) is 12.1 Å². The molecule has 0 amide bonds. The smallest absolute Gasteiger partial charge is 0.336 e. The normalized spacial score (nSPS) is 10.8. The van der Waals surface area contributed by atoms with Crippen LogP contribution in [-0.4, -0.2) is 15.0 Å². The van der Waals surface area contributed by atoms with Crippen LogP contribution in [0.25, 0.3) is 11.0 Å². The third-order valence-electron chi connectivity index (χ3n) is 4.26. The van der Waals surface area contributed by atoms with E-state index >= 15 is 0 Å². The van der Waals surface area contributed by atoms with E-state index in [1.807, 2.05) is 44.2 Å². The number of nitrogens with two attached hydrogens (primary N) is 1. The van der Waals surface area contributed by atoms with Crippen molar-refractivity contribution in [3.63, 3.8) is 0 Å². The SMILES string of the molecule is Cc1cccc(Nc2nc(N)nc(COc3ccc4c(C)cc(=O)oc4c3)n2)c1. The van der Waals surface area contributed by atoms with Crippen molar-refractivity contribution in [1.29, 1.82) is 0 Å². The van der Waals surface area contributed by atoms with Crippen molar-refractivity contribution in [2.75, 3.05) is 11.1 Å². The van der Waals surface area contributed by atoms with Crippen LogP contribution in [-0.2, 0) is 6.61 Å². The Labute approximate surface area is 166 Å². The second-order valence-electron chi connectivity index (χ2n) is 6.62. The van der Waals surface area contributed by atoms with Crippen LogP contribution in [0.4, 0.5) is 17.6 Å². The standard InChI is InChI=1S/C21H19N5O3/c1-12-4-3-5-14(8-12)23-21-25-18(24-20(22)26-21)11-28-15-6-7-16-13(2)9-19(27)29-17(16)10-15/h3-10H,11H2,1-2H3,(H3,22,23,24,25,26). The fraction of sp³-hybridized carbons (Fsp3) is 0.143. The highest BCUT2D eigenvalue weighted by atomic mass is 16.5. The Morgan fingerprint density at radius 2 is 1.93 bits per heavy atom. The van der Waals surface area contributed by atoms with E-state index < -0.39 is 5.63 Å². The molecule has 2 heterocycles. The fourth-order valence-corrected chi connectivity index (χ4v) is 2.95. The molecule has 0 unspecified atom stereocenters. The summed E-state index contributed by atoms with van der Waals surface area (Å²) in [7, 11) is 0. The maximum Gasteiger partial charge on any atom is 0.336 e. The Hall–Kier alpha value is -3.94. The molecule has 0 saturated carbocycles. The summed E-state index contributed by atoms with van der Waals surface area (Å²) in [6.07, 6.45) is 0. The van der Waals surface area contributed by atoms with Crippen molar-refractivity contribution in [3.8, 4) is 5.75 Å². The molecule has 0 aliphatic heterocycles. The highest BCUT2D eigenvalue weighted by molar-refractivity contribution is 5.81. The molecule has 0 saturated heterocycles. The minimum Gasteiger partial charge on any atom is -0.485 e. The lowest BCUT2D eigenvalue weighted by molar-refractivity contribution is 0.296. The van der Waals surface area contributed by atoms with E-state index in [-0.39, 0.29) is 12.6 Å². The zero-order chi connectivity index (χ0) is 20.4. The van der Waals surface area contributed by atoms with Gasteiger partial charge < -0.3 is 20.2 Å². The third-order valence-corrected chi connectivity index (χ3v) is 4.26. The maximum absolute atomic E-state index is 11.6. The first-order chi connectivity index (χ1) is 14.0. The van der Waals surface area contributed by atoms with Gasteiger partial charge in [0.05, 0.1) is 0 Å². The van der Waals surface area contributed by atoms with E-state index in [9.17, 15) is 4.79 Å². The summed E-state index contributed by atoms with van der Waals surface area (Å²) in [5.74, 6) is 1.33. The van der Waals surface area contributed by atoms with E-state index in [1.165, 1.54) is 6.07 Å². The lowest BCUT2D eigenvalue weighted by atomic mass is 10.1. The monoisotopic (exact) mass is 389 g/mol. The Balaban J connectivity index is 1.53. The summed E-state index contributed by atoms with van der Waals surface area (Å²) in [6, 6.07) is 14.6. The van der Waals surface area contributed by atoms with Gasteiger partial charge in [-0.15, -0.1) is 0 Å². The first-order valence-electron chi connectivity index (χ1n) is 8.98. The molecule has 4 aromatic rings. The maximum atomic E-state index is 11.6. The number of nitrogens with zero attached hydrogens (tertiary/aromatic N) is 3. The molecule has 0 aliphatic rings. The van der Waals surface area contributed by atoms with Gasteiger partial charge in [-0.3, -0.25) is 0 Å². The molecule has 0 spiro atoms. The van der Waals surface area contributed by atoms with Crippen molar-refractivity contribution < 1.29 is 9.15 Å². The highest BCUT2D eigenvalue weighted by Gasteiger charge is 2.08. The molecule has 0 bridgehead atoms. The molecule has 0 fully saturated rings. The van der Waals surface area contributed by atoms with Crippen LogP contribution in [0.5, 0.6) is 5.75 Å². The molecule has 4 rings (SSSR count). The Morgan fingerprint density at radius 1 is 1.07 bits per heavy atom. The summed E-state index contributed by atoms with van der Waals surface area (Å²) in [4.78, 5) is 24.2. The summed E-state index contributed by atoms with van der Waals surface area (Å²) < 4.78 is 11.0. The van der Waals surface area contributed by atoms with Gasteiger partial charge >= 0.3 is 5.63 Å². The number of aryl methyl sites for hydroxylation is 2. The fourth-order valence-electron chi connectivity index (χ4n) is 2.95. The predicted molar refractivity (Wildman–Crippen MR) is 110 cm³/mol. The minimum atomic E-state index is -0.399. The van der Waals surface area contributed by atoms with Crippen LogP contribution in [0.1, 0.15) is 17.0 Å². The molecule has 146 valence electrons. The molecule has 8 nitrogen and oxygen atoms in total. The van der Waals surface area contributed by atoms with Crippen LogP contribution in [0.2, 0.25) is 0 Å². The summed E-state index contributed by atoms with van der Waals surface area (Å²) in [6.45, 7) is 3.94. The van der Waals surface area contributed by atoms with Crippen molar-refractivity contribution in [2.45, 2.75) is 20.5 Å². The lowest BCUT2D eigenvalue weighted by Crippen LogP contribution is -2.09. The number of hydrogen-bond acceptors (Lipinski definition) is 8. The number of aromatic nitrogens is 3. The molecule has 0 atom stereocenters. The molecular formula is C21H19N5O3. The van der Waals surface area contributed by atoms with Crippen LogP contribution in [0.3, 0.4) is 0 Å². The van der Waals surface area contributed by atoms with Gasteiger partial charge in [0, 0.05) is 23.2 Å². The number of fused-ring (bicyclic) bond motifs is 1. The van der Waals surface area contributed by atoms with Gasteiger partial charge in [0.15, 0.2) is 5.82 Å². The Morgan fingerprint density at radius 3 is 2.76 bits per heavy atom. The first-order valence-corrected chi connectivity index (χ1v) is 8.98. The van der Waals surface area contributed by atoms with Crippen LogP contribution in [0, 0.1) is 13.8 Å². The van der Waals surface area contributed by atoms with Gasteiger partial charge in [-0.1, -0.05) is 12.1 Å². The van der Waals surface area contributed by atoms with Crippen molar-refractivity contribution in [3.05, 3.63) is 75.9 Å². The average molecular weight is 389 g/mol. The average Bonchev–Trinajstić information content (AvgIpc) is 2.65. The van der Waals surface area contributed by atoms with Crippen molar-refractivity contribution in [2.24, 2.45) is 0 Å². The summed E-state index contributed by atoms with van der Waals surface area (Å²) >= 11 is 0.